The van der Waals surface area contributed by atoms with E-state index in [2.05, 4.69) is 0 Å². The Hall–Kier alpha value is -0.220. The second-order valence-electron chi connectivity index (χ2n) is 2.90. The van der Waals surface area contributed by atoms with E-state index in [0.717, 1.165) is 0 Å². The number of hydrogen-bond donors (Lipinski definition) is 2. The lowest BCUT2D eigenvalue weighted by molar-refractivity contribution is 0.0751. The van der Waals surface area contributed by atoms with Gasteiger partial charge in [0.25, 0.3) is 20.2 Å². The molecule has 1 unspecified atom stereocenters. The van der Waals surface area contributed by atoms with Crippen molar-refractivity contribution in [3.63, 3.8) is 0 Å². The zero-order valence-corrected chi connectivity index (χ0v) is 9.79. The lowest BCUT2D eigenvalue weighted by Gasteiger charge is -2.14. The van der Waals surface area contributed by atoms with Crippen LogP contribution in [0.4, 0.5) is 0 Å². The van der Waals surface area contributed by atoms with Gasteiger partial charge in [-0.1, -0.05) is 0 Å². The monoisotopic (exact) mass is 262 g/mol. The Bertz CT molecular complexity index is 368. The Morgan fingerprint density at radius 1 is 1.13 bits per heavy atom. The summed E-state index contributed by atoms with van der Waals surface area (Å²) in [7, 11) is -8.36. The van der Waals surface area contributed by atoms with Crippen LogP contribution in [0.15, 0.2) is 0 Å². The first-order valence-corrected chi connectivity index (χ1v) is 7.38. The van der Waals surface area contributed by atoms with E-state index in [-0.39, 0.29) is 13.0 Å². The molecule has 0 aromatic heterocycles. The standard InChI is InChI=1S/C6H14O7S2/c1-2-13-6(5-15(10,11)12)3-4-14(7,8)9/h6H,2-5H2,1H3,(H,7,8,9)(H,10,11,12). The van der Waals surface area contributed by atoms with E-state index >= 15 is 0 Å². The molecule has 0 amide bonds. The summed E-state index contributed by atoms with van der Waals surface area (Å²) in [5.74, 6) is -1.29. The zero-order chi connectivity index (χ0) is 12.1. The highest BCUT2D eigenvalue weighted by Gasteiger charge is 2.19. The van der Waals surface area contributed by atoms with Crippen molar-refractivity contribution in [3.8, 4) is 0 Å². The van der Waals surface area contributed by atoms with Crippen molar-refractivity contribution in [2.45, 2.75) is 19.4 Å². The molecule has 0 rings (SSSR count). The molecule has 2 N–H and O–H groups in total. The first kappa shape index (κ1) is 14.8. The van der Waals surface area contributed by atoms with E-state index in [1.165, 1.54) is 0 Å². The number of hydrogen-bond acceptors (Lipinski definition) is 5. The topological polar surface area (TPSA) is 118 Å². The number of rotatable bonds is 7. The fraction of sp³-hybridized carbons (Fsp3) is 1.00. The summed E-state index contributed by atoms with van der Waals surface area (Å²) >= 11 is 0. The van der Waals surface area contributed by atoms with Gasteiger partial charge in [-0.05, 0) is 13.3 Å². The van der Waals surface area contributed by atoms with Crippen molar-refractivity contribution < 1.29 is 30.7 Å². The summed E-state index contributed by atoms with van der Waals surface area (Å²) in [6.45, 7) is 1.79. The second kappa shape index (κ2) is 5.75. The van der Waals surface area contributed by atoms with E-state index in [0.29, 0.717) is 0 Å². The molecule has 0 saturated heterocycles. The van der Waals surface area contributed by atoms with E-state index in [1.54, 1.807) is 6.92 Å². The van der Waals surface area contributed by atoms with Crippen LogP contribution in [-0.2, 0) is 25.0 Å². The molecule has 0 spiro atoms. The van der Waals surface area contributed by atoms with Crippen LogP contribution in [0, 0.1) is 0 Å². The summed E-state index contributed by atoms with van der Waals surface area (Å²) in [6, 6.07) is 0. The molecule has 0 radical (unpaired) electrons. The molecule has 15 heavy (non-hydrogen) atoms. The summed E-state index contributed by atoms with van der Waals surface area (Å²) in [5.41, 5.74) is 0. The summed E-state index contributed by atoms with van der Waals surface area (Å²) < 4.78 is 63.7. The Morgan fingerprint density at radius 2 is 1.67 bits per heavy atom. The Labute approximate surface area is 88.9 Å². The van der Waals surface area contributed by atoms with Crippen molar-refractivity contribution in [1.82, 2.24) is 0 Å². The third kappa shape index (κ3) is 10.1. The van der Waals surface area contributed by atoms with Crippen LogP contribution in [0.5, 0.6) is 0 Å². The van der Waals surface area contributed by atoms with Gasteiger partial charge in [0.15, 0.2) is 0 Å². The average Bonchev–Trinajstić information content (AvgIpc) is 1.96. The van der Waals surface area contributed by atoms with Crippen LogP contribution in [0.25, 0.3) is 0 Å². The highest BCUT2D eigenvalue weighted by molar-refractivity contribution is 7.86. The predicted octanol–water partition coefficient (Wildman–Crippen LogP) is -0.443. The van der Waals surface area contributed by atoms with Crippen molar-refractivity contribution in [3.05, 3.63) is 0 Å². The van der Waals surface area contributed by atoms with Crippen LogP contribution in [-0.4, -0.2) is 50.2 Å². The van der Waals surface area contributed by atoms with Crippen LogP contribution in [0.2, 0.25) is 0 Å². The molecular formula is C6H14O7S2. The van der Waals surface area contributed by atoms with Gasteiger partial charge in [-0.25, -0.2) is 0 Å². The van der Waals surface area contributed by atoms with E-state index < -0.39 is 37.8 Å². The maximum atomic E-state index is 10.5. The van der Waals surface area contributed by atoms with Gasteiger partial charge in [0, 0.05) is 6.61 Å². The molecule has 0 heterocycles. The molecule has 0 aliphatic carbocycles. The van der Waals surface area contributed by atoms with Gasteiger partial charge < -0.3 is 4.74 Å². The average molecular weight is 262 g/mol. The fourth-order valence-corrected chi connectivity index (χ4v) is 2.26. The molecule has 92 valence electrons. The third-order valence-electron chi connectivity index (χ3n) is 1.50. The van der Waals surface area contributed by atoms with Gasteiger partial charge in [-0.15, -0.1) is 0 Å². The van der Waals surface area contributed by atoms with Crippen molar-refractivity contribution in [2.24, 2.45) is 0 Å². The van der Waals surface area contributed by atoms with Gasteiger partial charge in [-0.2, -0.15) is 16.8 Å². The molecule has 0 saturated carbocycles. The quantitative estimate of drug-likeness (QED) is 0.597. The summed E-state index contributed by atoms with van der Waals surface area (Å²) in [5, 5.41) is 0. The largest absolute Gasteiger partial charge is 0.377 e. The zero-order valence-electron chi connectivity index (χ0n) is 8.16. The van der Waals surface area contributed by atoms with Crippen molar-refractivity contribution in [2.75, 3.05) is 18.1 Å². The molecule has 0 fully saturated rings. The maximum Gasteiger partial charge on any atom is 0.267 e. The molecule has 0 aliphatic rings. The van der Waals surface area contributed by atoms with Crippen molar-refractivity contribution in [1.29, 1.82) is 0 Å². The van der Waals surface area contributed by atoms with Crippen LogP contribution >= 0.6 is 0 Å². The minimum Gasteiger partial charge on any atom is -0.377 e. The first-order chi connectivity index (χ1) is 6.64. The fourth-order valence-electron chi connectivity index (χ4n) is 0.966. The van der Waals surface area contributed by atoms with Gasteiger partial charge in [0.05, 0.1) is 11.9 Å². The molecule has 7 nitrogen and oxygen atoms in total. The van der Waals surface area contributed by atoms with E-state index in [1.807, 2.05) is 0 Å². The third-order valence-corrected chi connectivity index (χ3v) is 3.04. The SMILES string of the molecule is CCOC(CCS(=O)(=O)O)CS(=O)(=O)O. The summed E-state index contributed by atoms with van der Waals surface area (Å²) in [4.78, 5) is 0. The van der Waals surface area contributed by atoms with Crippen LogP contribution in [0.1, 0.15) is 13.3 Å². The van der Waals surface area contributed by atoms with Gasteiger partial charge in [0.1, 0.15) is 5.75 Å². The van der Waals surface area contributed by atoms with Gasteiger partial charge in [0.2, 0.25) is 0 Å². The molecular weight excluding hydrogens is 248 g/mol. The Kier molecular flexibility index (Phi) is 5.67. The highest BCUT2D eigenvalue weighted by atomic mass is 32.2. The van der Waals surface area contributed by atoms with E-state index in [9.17, 15) is 16.8 Å². The molecule has 9 heteroatoms. The van der Waals surface area contributed by atoms with Gasteiger partial charge in [-0.3, -0.25) is 9.11 Å². The molecule has 0 aromatic carbocycles. The Balaban J connectivity index is 4.29. The molecule has 0 bridgehead atoms. The highest BCUT2D eigenvalue weighted by Crippen LogP contribution is 2.04. The molecule has 0 aromatic rings. The second-order valence-corrected chi connectivity index (χ2v) is 5.97. The Morgan fingerprint density at radius 3 is 2.00 bits per heavy atom. The predicted molar refractivity (Wildman–Crippen MR) is 52.9 cm³/mol. The lowest BCUT2D eigenvalue weighted by Crippen LogP contribution is -2.26. The van der Waals surface area contributed by atoms with Crippen LogP contribution in [0.3, 0.4) is 0 Å². The lowest BCUT2D eigenvalue weighted by atomic mass is 10.3. The first-order valence-electron chi connectivity index (χ1n) is 4.16. The van der Waals surface area contributed by atoms with E-state index in [4.69, 9.17) is 13.8 Å². The van der Waals surface area contributed by atoms with Crippen LogP contribution < -0.4 is 0 Å². The molecule has 0 aliphatic heterocycles. The smallest absolute Gasteiger partial charge is 0.267 e. The minimum atomic E-state index is -4.21. The normalized spacial score (nSPS) is 15.1. The minimum absolute atomic E-state index is 0.186. The number of ether oxygens (including phenoxy) is 1. The molecule has 1 atom stereocenters. The summed E-state index contributed by atoms with van der Waals surface area (Å²) in [6.07, 6.45) is -1.13. The van der Waals surface area contributed by atoms with Gasteiger partial charge >= 0.3 is 0 Å². The maximum absolute atomic E-state index is 10.5. The van der Waals surface area contributed by atoms with Crippen molar-refractivity contribution >= 4 is 20.2 Å².